The Morgan fingerprint density at radius 1 is 1.26 bits per heavy atom. The molecule has 0 bridgehead atoms. The van der Waals surface area contributed by atoms with Crippen molar-refractivity contribution in [3.63, 3.8) is 0 Å². The van der Waals surface area contributed by atoms with Gasteiger partial charge in [-0.15, -0.1) is 11.6 Å². The van der Waals surface area contributed by atoms with Crippen LogP contribution in [0.4, 0.5) is 0 Å². The normalized spacial score (nSPS) is 23.0. The highest BCUT2D eigenvalue weighted by Gasteiger charge is 2.24. The molecule has 1 fully saturated rings. The van der Waals surface area contributed by atoms with Crippen molar-refractivity contribution in [2.75, 3.05) is 6.54 Å². The topological polar surface area (TPSA) is 69.6 Å². The maximum Gasteiger partial charge on any atom is 0.258 e. The average molecular weight is 284 g/mol. The Bertz CT molecular complexity index is 444. The van der Waals surface area contributed by atoms with Crippen LogP contribution in [0.2, 0.25) is 0 Å². The van der Waals surface area contributed by atoms with Gasteiger partial charge in [0.2, 0.25) is 0 Å². The van der Waals surface area contributed by atoms with Gasteiger partial charge in [0.05, 0.1) is 0 Å². The molecule has 3 N–H and O–H groups in total. The van der Waals surface area contributed by atoms with E-state index in [1.54, 1.807) is 0 Å². The maximum absolute atomic E-state index is 12.0. The molecule has 4 nitrogen and oxygen atoms in total. The molecule has 1 saturated carbocycles. The lowest BCUT2D eigenvalue weighted by Crippen LogP contribution is -2.34. The van der Waals surface area contributed by atoms with Crippen molar-refractivity contribution in [1.29, 1.82) is 0 Å². The summed E-state index contributed by atoms with van der Waals surface area (Å²) < 4.78 is 0. The molecule has 104 valence electrons. The van der Waals surface area contributed by atoms with Crippen molar-refractivity contribution < 1.29 is 15.0 Å². The lowest BCUT2D eigenvalue weighted by Gasteiger charge is -2.27. The van der Waals surface area contributed by atoms with Gasteiger partial charge >= 0.3 is 0 Å². The number of amides is 1. The van der Waals surface area contributed by atoms with Crippen molar-refractivity contribution in [3.8, 4) is 11.5 Å². The molecule has 0 aromatic heterocycles. The predicted octanol–water partition coefficient (Wildman–Crippen LogP) is 2.63. The summed E-state index contributed by atoms with van der Waals surface area (Å²) in [7, 11) is 0. The summed E-state index contributed by atoms with van der Waals surface area (Å²) in [6.07, 6.45) is 4.25. The fourth-order valence-corrected chi connectivity index (χ4v) is 2.83. The van der Waals surface area contributed by atoms with Crippen molar-refractivity contribution >= 4 is 17.5 Å². The van der Waals surface area contributed by atoms with Gasteiger partial charge in [-0.25, -0.2) is 0 Å². The van der Waals surface area contributed by atoms with Gasteiger partial charge in [-0.05, 0) is 30.9 Å². The van der Waals surface area contributed by atoms with Gasteiger partial charge in [0.1, 0.15) is 17.1 Å². The van der Waals surface area contributed by atoms with Gasteiger partial charge in [0.25, 0.3) is 5.91 Å². The van der Waals surface area contributed by atoms with Crippen LogP contribution in [-0.4, -0.2) is 28.0 Å². The number of phenolic OH excluding ortho intramolecular Hbond substituents is 2. The third kappa shape index (κ3) is 3.32. The minimum Gasteiger partial charge on any atom is -0.507 e. The molecular weight excluding hydrogens is 266 g/mol. The SMILES string of the molecule is O=C(NCC1CCCCC1Cl)c1c(O)cccc1O. The van der Waals surface area contributed by atoms with E-state index in [0.29, 0.717) is 6.54 Å². The van der Waals surface area contributed by atoms with Crippen LogP contribution in [-0.2, 0) is 0 Å². The van der Waals surface area contributed by atoms with E-state index in [1.807, 2.05) is 0 Å². The summed E-state index contributed by atoms with van der Waals surface area (Å²) in [6, 6.07) is 4.23. The number of aromatic hydroxyl groups is 2. The Kier molecular flexibility index (Phi) is 4.53. The minimum atomic E-state index is -0.468. The summed E-state index contributed by atoms with van der Waals surface area (Å²) in [6.45, 7) is 0.473. The molecule has 0 spiro atoms. The second-order valence-electron chi connectivity index (χ2n) is 4.94. The number of hydrogen-bond acceptors (Lipinski definition) is 3. The molecule has 19 heavy (non-hydrogen) atoms. The molecule has 0 aliphatic heterocycles. The Hall–Kier alpha value is -1.42. The van der Waals surface area contributed by atoms with Crippen molar-refractivity contribution in [2.45, 2.75) is 31.1 Å². The van der Waals surface area contributed by atoms with E-state index in [2.05, 4.69) is 5.32 Å². The van der Waals surface area contributed by atoms with E-state index in [0.717, 1.165) is 25.7 Å². The van der Waals surface area contributed by atoms with E-state index in [-0.39, 0.29) is 28.4 Å². The maximum atomic E-state index is 12.0. The Balaban J connectivity index is 1.97. The average Bonchev–Trinajstić information content (AvgIpc) is 2.37. The van der Waals surface area contributed by atoms with E-state index in [1.165, 1.54) is 18.2 Å². The molecule has 1 aromatic rings. The molecule has 2 rings (SSSR count). The van der Waals surface area contributed by atoms with Crippen LogP contribution in [0.5, 0.6) is 11.5 Å². The lowest BCUT2D eigenvalue weighted by atomic mass is 9.88. The number of carbonyl (C=O) groups excluding carboxylic acids is 1. The first-order chi connectivity index (χ1) is 9.09. The molecule has 0 heterocycles. The third-order valence-corrected chi connectivity index (χ3v) is 4.16. The summed E-state index contributed by atoms with van der Waals surface area (Å²) in [5.74, 6) is -0.649. The van der Waals surface area contributed by atoms with Crippen LogP contribution in [0, 0.1) is 5.92 Å². The Morgan fingerprint density at radius 3 is 2.53 bits per heavy atom. The second kappa shape index (κ2) is 6.15. The molecule has 5 heteroatoms. The van der Waals surface area contributed by atoms with Gasteiger partial charge in [0.15, 0.2) is 0 Å². The van der Waals surface area contributed by atoms with Gasteiger partial charge in [-0.3, -0.25) is 4.79 Å². The molecule has 1 amide bonds. The van der Waals surface area contributed by atoms with Crippen LogP contribution >= 0.6 is 11.6 Å². The number of halogens is 1. The van der Waals surface area contributed by atoms with E-state index in [9.17, 15) is 15.0 Å². The Morgan fingerprint density at radius 2 is 1.89 bits per heavy atom. The summed E-state index contributed by atoms with van der Waals surface area (Å²) in [5, 5.41) is 22.0. The molecular formula is C14H18ClNO3. The number of hydrogen-bond donors (Lipinski definition) is 3. The highest BCUT2D eigenvalue weighted by molar-refractivity contribution is 6.20. The number of rotatable bonds is 3. The number of alkyl halides is 1. The molecule has 1 aliphatic rings. The van der Waals surface area contributed by atoms with Crippen LogP contribution in [0.1, 0.15) is 36.0 Å². The monoisotopic (exact) mass is 283 g/mol. The fraction of sp³-hybridized carbons (Fsp3) is 0.500. The van der Waals surface area contributed by atoms with Gasteiger partial charge in [0, 0.05) is 11.9 Å². The second-order valence-corrected chi connectivity index (χ2v) is 5.50. The van der Waals surface area contributed by atoms with Crippen molar-refractivity contribution in [1.82, 2.24) is 5.32 Å². The first-order valence-corrected chi connectivity index (χ1v) is 6.96. The fourth-order valence-electron chi connectivity index (χ4n) is 2.47. The lowest BCUT2D eigenvalue weighted by molar-refractivity contribution is 0.0938. The number of carbonyl (C=O) groups is 1. The summed E-state index contributed by atoms with van der Waals surface area (Å²) >= 11 is 6.22. The van der Waals surface area contributed by atoms with E-state index >= 15 is 0 Å². The van der Waals surface area contributed by atoms with Gasteiger partial charge in [-0.1, -0.05) is 18.9 Å². The van der Waals surface area contributed by atoms with Crippen molar-refractivity contribution in [3.05, 3.63) is 23.8 Å². The van der Waals surface area contributed by atoms with Crippen LogP contribution < -0.4 is 5.32 Å². The standard InChI is InChI=1S/C14H18ClNO3/c15-10-5-2-1-4-9(10)8-16-14(19)13-11(17)6-3-7-12(13)18/h3,6-7,9-10,17-18H,1-2,4-5,8H2,(H,16,19). The van der Waals surface area contributed by atoms with E-state index in [4.69, 9.17) is 11.6 Å². The number of nitrogens with one attached hydrogen (secondary N) is 1. The predicted molar refractivity (Wildman–Crippen MR) is 73.7 cm³/mol. The number of benzene rings is 1. The quantitative estimate of drug-likeness (QED) is 0.747. The van der Waals surface area contributed by atoms with Gasteiger partial charge < -0.3 is 15.5 Å². The van der Waals surface area contributed by atoms with Crippen LogP contribution in [0.3, 0.4) is 0 Å². The van der Waals surface area contributed by atoms with Crippen LogP contribution in [0.15, 0.2) is 18.2 Å². The molecule has 2 unspecified atom stereocenters. The summed E-state index contributed by atoms with van der Waals surface area (Å²) in [5.41, 5.74) is -0.0792. The minimum absolute atomic E-state index is 0.0792. The third-order valence-electron chi connectivity index (χ3n) is 3.59. The molecule has 2 atom stereocenters. The molecule has 0 saturated heterocycles. The zero-order chi connectivity index (χ0) is 13.8. The van der Waals surface area contributed by atoms with Crippen LogP contribution in [0.25, 0.3) is 0 Å². The summed E-state index contributed by atoms with van der Waals surface area (Å²) in [4.78, 5) is 12.0. The van der Waals surface area contributed by atoms with E-state index < -0.39 is 5.91 Å². The Labute approximate surface area is 117 Å². The molecule has 1 aliphatic carbocycles. The highest BCUT2D eigenvalue weighted by atomic mass is 35.5. The van der Waals surface area contributed by atoms with Crippen molar-refractivity contribution in [2.24, 2.45) is 5.92 Å². The largest absolute Gasteiger partial charge is 0.507 e. The smallest absolute Gasteiger partial charge is 0.258 e. The first kappa shape index (κ1) is 14.0. The zero-order valence-electron chi connectivity index (χ0n) is 10.6. The molecule has 1 aromatic carbocycles. The number of phenols is 2. The zero-order valence-corrected chi connectivity index (χ0v) is 11.4. The first-order valence-electron chi connectivity index (χ1n) is 6.53. The molecule has 0 radical (unpaired) electrons. The van der Waals surface area contributed by atoms with Gasteiger partial charge in [-0.2, -0.15) is 0 Å². The highest BCUT2D eigenvalue weighted by Crippen LogP contribution is 2.29.